The van der Waals surface area contributed by atoms with E-state index in [1.54, 1.807) is 13.8 Å². The zero-order valence-electron chi connectivity index (χ0n) is 39.2. The Morgan fingerprint density at radius 3 is 1.98 bits per heavy atom. The molecule has 0 aromatic carbocycles. The average Bonchev–Trinajstić information content (AvgIpc) is 3.54. The summed E-state index contributed by atoms with van der Waals surface area (Å²) < 4.78 is 50.2. The summed E-state index contributed by atoms with van der Waals surface area (Å²) in [5.41, 5.74) is -3.72. The number of aliphatic hydroxyl groups is 6. The van der Waals surface area contributed by atoms with Crippen LogP contribution in [0.3, 0.4) is 0 Å². The Balaban J connectivity index is 1.17. The van der Waals surface area contributed by atoms with Crippen LogP contribution in [-0.4, -0.2) is 153 Å². The smallest absolute Gasteiger partial charge is 0.303 e. The summed E-state index contributed by atoms with van der Waals surface area (Å²) in [6.07, 6.45) is -8.04. The van der Waals surface area contributed by atoms with Gasteiger partial charge in [-0.3, -0.25) is 14.4 Å². The number of fused-ring (bicyclic) bond motifs is 2. The van der Waals surface area contributed by atoms with E-state index < -0.39 is 114 Å². The fourth-order valence-corrected chi connectivity index (χ4v) is 15.8. The van der Waals surface area contributed by atoms with E-state index in [2.05, 4.69) is 34.6 Å². The fourth-order valence-electron chi connectivity index (χ4n) is 15.8. The van der Waals surface area contributed by atoms with Crippen molar-refractivity contribution in [3.63, 3.8) is 0 Å². The van der Waals surface area contributed by atoms with E-state index in [1.165, 1.54) is 20.8 Å². The van der Waals surface area contributed by atoms with Gasteiger partial charge in [-0.25, -0.2) is 0 Å². The Morgan fingerprint density at radius 1 is 0.719 bits per heavy atom. The number of esters is 3. The van der Waals surface area contributed by atoms with Crippen LogP contribution in [0.15, 0.2) is 0 Å². The lowest BCUT2D eigenvalue weighted by atomic mass is 9.41. The molecular formula is C47H74O17. The highest BCUT2D eigenvalue weighted by Gasteiger charge is 2.85. The largest absolute Gasteiger partial charge is 0.462 e. The molecule has 8 rings (SSSR count). The lowest BCUT2D eigenvalue weighted by molar-refractivity contribution is -0.339. The minimum Gasteiger partial charge on any atom is -0.462 e. The Bertz CT molecular complexity index is 1800. The molecule has 64 heavy (non-hydrogen) atoms. The molecule has 6 N–H and O–H groups in total. The Morgan fingerprint density at radius 2 is 1.38 bits per heavy atom. The molecule has 0 aromatic heterocycles. The predicted molar refractivity (Wildman–Crippen MR) is 222 cm³/mol. The zero-order valence-corrected chi connectivity index (χ0v) is 39.2. The van der Waals surface area contributed by atoms with Crippen molar-refractivity contribution in [3.05, 3.63) is 0 Å². The SMILES string of the molecule is CC(=O)O[C@@H]1[C@@H](OC(C)=O)[C@H](O[C@H]2CC[C@]34C[C@]35CC[C@]3(C)[C@@H]([C@@]6(C)CC[C@@H](C(C)(C)O)O6)[C@@H](OC(C)=O)C[C@@]3(C)[C@@H]5C[C@H](O[C@@H]3O[C@H](CO)[C@@H](O)[C@H](O)[C@H]3O)C4C2(C)C)OC[C@H]1O. The zero-order chi connectivity index (χ0) is 46.9. The van der Waals surface area contributed by atoms with Crippen molar-refractivity contribution in [2.75, 3.05) is 13.2 Å². The Hall–Kier alpha value is -2.03. The van der Waals surface area contributed by atoms with Crippen molar-refractivity contribution < 1.29 is 82.9 Å². The Kier molecular flexibility index (Phi) is 12.3. The second-order valence-electron chi connectivity index (χ2n) is 22.8. The summed E-state index contributed by atoms with van der Waals surface area (Å²) in [7, 11) is 0. The molecule has 0 bridgehead atoms. The molecule has 0 radical (unpaired) electrons. The van der Waals surface area contributed by atoms with Gasteiger partial charge in [0.1, 0.15) is 36.6 Å². The van der Waals surface area contributed by atoms with Crippen LogP contribution in [0.25, 0.3) is 0 Å². The first-order chi connectivity index (χ1) is 29.7. The average molecular weight is 911 g/mol. The topological polar surface area (TPSA) is 246 Å². The molecule has 1 unspecified atom stereocenters. The van der Waals surface area contributed by atoms with E-state index in [4.69, 9.17) is 37.9 Å². The molecule has 2 spiro atoms. The van der Waals surface area contributed by atoms with Gasteiger partial charge in [0.2, 0.25) is 0 Å². The van der Waals surface area contributed by atoms with Crippen LogP contribution < -0.4 is 0 Å². The van der Waals surface area contributed by atoms with Crippen molar-refractivity contribution >= 4 is 17.9 Å². The van der Waals surface area contributed by atoms with Crippen molar-refractivity contribution in [2.45, 2.75) is 218 Å². The highest BCUT2D eigenvalue weighted by atomic mass is 16.7. The van der Waals surface area contributed by atoms with Gasteiger partial charge in [0.15, 0.2) is 24.8 Å². The van der Waals surface area contributed by atoms with Crippen LogP contribution in [0.4, 0.5) is 0 Å². The first kappa shape index (κ1) is 48.4. The maximum atomic E-state index is 13.0. The molecule has 0 amide bonds. The van der Waals surface area contributed by atoms with Crippen molar-refractivity contribution in [1.82, 2.24) is 0 Å². The minimum atomic E-state index is -1.65. The van der Waals surface area contributed by atoms with Gasteiger partial charge < -0.3 is 68.5 Å². The summed E-state index contributed by atoms with van der Waals surface area (Å²) in [5.74, 6) is -2.11. The van der Waals surface area contributed by atoms with Gasteiger partial charge >= 0.3 is 17.9 Å². The third kappa shape index (κ3) is 7.39. The number of carbonyl (C=O) groups is 3. The normalized spacial score (nSPS) is 51.8. The van der Waals surface area contributed by atoms with Crippen LogP contribution in [-0.2, 0) is 52.3 Å². The summed E-state index contributed by atoms with van der Waals surface area (Å²) in [4.78, 5) is 37.5. The van der Waals surface area contributed by atoms with Crippen molar-refractivity contribution in [3.8, 4) is 0 Å². The lowest BCUT2D eigenvalue weighted by Gasteiger charge is -2.65. The minimum absolute atomic E-state index is 0.0253. The van der Waals surface area contributed by atoms with E-state index in [-0.39, 0.29) is 52.7 Å². The number of rotatable bonds is 10. The van der Waals surface area contributed by atoms with Crippen LogP contribution >= 0.6 is 0 Å². The third-order valence-corrected chi connectivity index (χ3v) is 18.5. The highest BCUT2D eigenvalue weighted by molar-refractivity contribution is 5.67. The van der Waals surface area contributed by atoms with Crippen LogP contribution in [0.5, 0.6) is 0 Å². The fraction of sp³-hybridized carbons (Fsp3) is 0.936. The first-order valence-corrected chi connectivity index (χ1v) is 23.5. The second-order valence-corrected chi connectivity index (χ2v) is 22.8. The van der Waals surface area contributed by atoms with Crippen LogP contribution in [0.1, 0.15) is 127 Å². The number of ether oxygens (including phenoxy) is 8. The van der Waals surface area contributed by atoms with Crippen LogP contribution in [0, 0.1) is 44.8 Å². The molecule has 5 aliphatic carbocycles. The van der Waals surface area contributed by atoms with E-state index in [0.717, 1.165) is 25.7 Å². The molecule has 8 aliphatic rings. The van der Waals surface area contributed by atoms with Gasteiger partial charge in [0.05, 0.1) is 42.7 Å². The molecule has 3 heterocycles. The monoisotopic (exact) mass is 910 g/mol. The Labute approximate surface area is 376 Å². The molecule has 364 valence electrons. The molecule has 0 aromatic rings. The van der Waals surface area contributed by atoms with Gasteiger partial charge in [-0.15, -0.1) is 0 Å². The quantitative estimate of drug-likeness (QED) is 0.105. The van der Waals surface area contributed by atoms with E-state index in [9.17, 15) is 45.0 Å². The van der Waals surface area contributed by atoms with Crippen molar-refractivity contribution in [2.24, 2.45) is 44.8 Å². The van der Waals surface area contributed by atoms with Gasteiger partial charge in [-0.2, -0.15) is 0 Å². The molecule has 5 saturated carbocycles. The number of hydrogen-bond acceptors (Lipinski definition) is 17. The number of hydrogen-bond donors (Lipinski definition) is 6. The summed E-state index contributed by atoms with van der Waals surface area (Å²) in [6, 6.07) is 0. The second kappa shape index (κ2) is 16.3. The lowest BCUT2D eigenvalue weighted by Crippen LogP contribution is -2.65. The number of carbonyl (C=O) groups excluding carboxylic acids is 3. The van der Waals surface area contributed by atoms with E-state index in [0.29, 0.717) is 32.1 Å². The standard InChI is InChI=1S/C47H74O17/c1-22(49)58-27-18-44(9)29-17-26(61-39-34(55)33(54)32(53)28(19-48)62-39)37-41(4,5)30(63-40-36(60-24(3)51)35(59-23(2)50)25(52)20-57-40)12-14-47(37)21-46(29,47)16-15-43(44,8)38(27)45(10)13-11-31(64-45)42(6,7)56/h25-40,48,52-56H,11-21H2,1-10H3/t25-,26+,27+,28-,29+,30+,31+,32-,33+,34-,35+,36-,37?,38+,39-,40+,43-,44+,45-,46+,47-/m1/s1. The van der Waals surface area contributed by atoms with Crippen molar-refractivity contribution in [1.29, 1.82) is 0 Å². The maximum Gasteiger partial charge on any atom is 0.303 e. The van der Waals surface area contributed by atoms with E-state index in [1.807, 2.05) is 0 Å². The van der Waals surface area contributed by atoms with Gasteiger partial charge in [0, 0.05) is 26.7 Å². The molecule has 17 heteroatoms. The van der Waals surface area contributed by atoms with Gasteiger partial charge in [-0.1, -0.05) is 27.7 Å². The molecule has 3 aliphatic heterocycles. The molecule has 8 fully saturated rings. The molecule has 21 atom stereocenters. The first-order valence-electron chi connectivity index (χ1n) is 23.5. The molecule has 3 saturated heterocycles. The third-order valence-electron chi connectivity index (χ3n) is 18.5. The molecular weight excluding hydrogens is 837 g/mol. The van der Waals surface area contributed by atoms with Crippen LogP contribution in [0.2, 0.25) is 0 Å². The van der Waals surface area contributed by atoms with E-state index >= 15 is 0 Å². The predicted octanol–water partition coefficient (Wildman–Crippen LogP) is 2.44. The summed E-state index contributed by atoms with van der Waals surface area (Å²) in [6.45, 7) is 17.5. The van der Waals surface area contributed by atoms with Gasteiger partial charge in [0.25, 0.3) is 0 Å². The number of aliphatic hydroxyl groups excluding tert-OH is 5. The summed E-state index contributed by atoms with van der Waals surface area (Å²) in [5, 5.41) is 65.2. The maximum absolute atomic E-state index is 13.0. The van der Waals surface area contributed by atoms with Gasteiger partial charge in [-0.05, 0) is 117 Å². The highest BCUT2D eigenvalue weighted by Crippen LogP contribution is 2.89. The molecule has 17 nitrogen and oxygen atoms in total. The summed E-state index contributed by atoms with van der Waals surface area (Å²) >= 11 is 0.